The molecule has 1 N–H and O–H groups in total. The van der Waals surface area contributed by atoms with Crippen molar-refractivity contribution in [1.82, 2.24) is 9.38 Å². The zero-order chi connectivity index (χ0) is 15.8. The summed E-state index contributed by atoms with van der Waals surface area (Å²) in [6.07, 6.45) is -2.39. The molecule has 0 atom stereocenters. The summed E-state index contributed by atoms with van der Waals surface area (Å²) in [5.41, 5.74) is -0.537. The van der Waals surface area contributed by atoms with E-state index in [1.165, 1.54) is 6.07 Å². The number of hydrogen-bond donors (Lipinski definition) is 1. The van der Waals surface area contributed by atoms with E-state index in [0.717, 1.165) is 16.7 Å². The van der Waals surface area contributed by atoms with Crippen molar-refractivity contribution in [2.24, 2.45) is 0 Å². The number of alkyl halides is 3. The molecule has 0 saturated carbocycles. The zero-order valence-corrected chi connectivity index (χ0v) is 11.6. The van der Waals surface area contributed by atoms with E-state index in [1.54, 1.807) is 0 Å². The molecule has 7 heteroatoms. The molecule has 0 aliphatic carbocycles. The second-order valence-electron chi connectivity index (χ2n) is 4.81. The monoisotopic (exact) mass is 300 g/mol. The van der Waals surface area contributed by atoms with Crippen LogP contribution >= 0.6 is 0 Å². The topological polar surface area (TPSA) is 54.6 Å². The minimum atomic E-state index is -4.52. The van der Waals surface area contributed by atoms with Crippen molar-refractivity contribution in [2.45, 2.75) is 38.8 Å². The van der Waals surface area contributed by atoms with Crippen molar-refractivity contribution < 1.29 is 23.1 Å². The van der Waals surface area contributed by atoms with E-state index in [4.69, 9.17) is 0 Å². The number of carboxylic acid groups (broad SMARTS) is 1. The van der Waals surface area contributed by atoms with Gasteiger partial charge in [0.15, 0.2) is 5.69 Å². The van der Waals surface area contributed by atoms with Crippen LogP contribution in [0.2, 0.25) is 0 Å². The highest BCUT2D eigenvalue weighted by Crippen LogP contribution is 2.31. The summed E-state index contributed by atoms with van der Waals surface area (Å²) in [5.74, 6) is -1.37. The van der Waals surface area contributed by atoms with Gasteiger partial charge in [-0.2, -0.15) is 13.2 Å². The maximum atomic E-state index is 12.8. The summed E-state index contributed by atoms with van der Waals surface area (Å²) in [5, 5.41) is 9.34. The van der Waals surface area contributed by atoms with Crippen LogP contribution in [-0.2, 0) is 6.18 Å². The van der Waals surface area contributed by atoms with E-state index < -0.39 is 17.7 Å². The smallest absolute Gasteiger partial charge is 0.417 e. The molecule has 0 fully saturated rings. The van der Waals surface area contributed by atoms with Crippen molar-refractivity contribution >= 4 is 11.6 Å². The van der Waals surface area contributed by atoms with Gasteiger partial charge in [0.1, 0.15) is 5.65 Å². The molecule has 21 heavy (non-hydrogen) atoms. The van der Waals surface area contributed by atoms with Crippen molar-refractivity contribution in [3.63, 3.8) is 0 Å². The Morgan fingerprint density at radius 1 is 1.33 bits per heavy atom. The Bertz CT molecular complexity index is 673. The summed E-state index contributed by atoms with van der Waals surface area (Å²) in [6, 6.07) is 2.10. The fourth-order valence-corrected chi connectivity index (χ4v) is 2.40. The van der Waals surface area contributed by atoms with E-state index in [9.17, 15) is 23.1 Å². The number of aromatic carboxylic acids is 1. The normalized spacial score (nSPS) is 12.3. The van der Waals surface area contributed by atoms with E-state index in [-0.39, 0.29) is 17.3 Å². The summed E-state index contributed by atoms with van der Waals surface area (Å²) >= 11 is 0. The summed E-state index contributed by atoms with van der Waals surface area (Å²) in [4.78, 5) is 15.7. The fraction of sp³-hybridized carbons (Fsp3) is 0.429. The number of halogens is 3. The highest BCUT2D eigenvalue weighted by atomic mass is 19.4. The summed E-state index contributed by atoms with van der Waals surface area (Å²) in [6.45, 7) is 3.79. The van der Waals surface area contributed by atoms with Gasteiger partial charge in [-0.1, -0.05) is 13.8 Å². The Morgan fingerprint density at radius 3 is 2.43 bits per heavy atom. The van der Waals surface area contributed by atoms with Gasteiger partial charge in [0.25, 0.3) is 0 Å². The van der Waals surface area contributed by atoms with Gasteiger partial charge in [0, 0.05) is 12.1 Å². The minimum absolute atomic E-state index is 0.0923. The van der Waals surface area contributed by atoms with E-state index in [0.29, 0.717) is 18.5 Å². The molecule has 0 radical (unpaired) electrons. The molecule has 0 saturated heterocycles. The Balaban J connectivity index is 2.73. The molecule has 2 rings (SSSR count). The Labute approximate surface area is 119 Å². The first kappa shape index (κ1) is 15.3. The molecule has 0 unspecified atom stereocenters. The maximum absolute atomic E-state index is 12.8. The molecule has 0 amide bonds. The number of rotatable bonds is 4. The number of imidazole rings is 1. The molecule has 0 spiro atoms. The van der Waals surface area contributed by atoms with E-state index in [1.807, 2.05) is 13.8 Å². The van der Waals surface area contributed by atoms with Crippen LogP contribution in [-0.4, -0.2) is 20.5 Å². The standard InChI is InChI=1S/C14H15F3N2O2/c1-3-8(4-2)11-12(13(20)21)19-7-9(14(15,16)17)5-6-10(19)18-11/h5-8H,3-4H2,1-2H3,(H,20,21). The molecule has 2 aromatic heterocycles. The molecule has 2 aromatic rings. The average Bonchev–Trinajstić information content (AvgIpc) is 2.77. The third-order valence-corrected chi connectivity index (χ3v) is 3.55. The van der Waals surface area contributed by atoms with Crippen LogP contribution in [0.25, 0.3) is 5.65 Å². The second-order valence-corrected chi connectivity index (χ2v) is 4.81. The van der Waals surface area contributed by atoms with Gasteiger partial charge in [0.05, 0.1) is 11.3 Å². The molecule has 0 aromatic carbocycles. The number of fused-ring (bicyclic) bond motifs is 1. The average molecular weight is 300 g/mol. The quantitative estimate of drug-likeness (QED) is 0.930. The highest BCUT2D eigenvalue weighted by Gasteiger charge is 2.32. The largest absolute Gasteiger partial charge is 0.477 e. The lowest BCUT2D eigenvalue weighted by Crippen LogP contribution is -2.11. The van der Waals surface area contributed by atoms with Gasteiger partial charge < -0.3 is 5.11 Å². The number of aromatic nitrogens is 2. The van der Waals surface area contributed by atoms with Crippen molar-refractivity contribution in [2.75, 3.05) is 0 Å². The van der Waals surface area contributed by atoms with Crippen molar-refractivity contribution in [3.8, 4) is 0 Å². The van der Waals surface area contributed by atoms with Gasteiger partial charge in [-0.05, 0) is 25.0 Å². The van der Waals surface area contributed by atoms with Crippen LogP contribution < -0.4 is 0 Å². The van der Waals surface area contributed by atoms with Gasteiger partial charge in [-0.3, -0.25) is 4.40 Å². The maximum Gasteiger partial charge on any atom is 0.417 e. The van der Waals surface area contributed by atoms with Crippen LogP contribution in [0.4, 0.5) is 13.2 Å². The lowest BCUT2D eigenvalue weighted by Gasteiger charge is -2.10. The van der Waals surface area contributed by atoms with Gasteiger partial charge >= 0.3 is 12.1 Å². The summed E-state index contributed by atoms with van der Waals surface area (Å²) in [7, 11) is 0. The Kier molecular flexibility index (Phi) is 3.93. The first-order valence-electron chi connectivity index (χ1n) is 6.62. The fourth-order valence-electron chi connectivity index (χ4n) is 2.40. The minimum Gasteiger partial charge on any atom is -0.477 e. The van der Waals surface area contributed by atoms with Crippen LogP contribution in [0.15, 0.2) is 18.3 Å². The predicted molar refractivity (Wildman–Crippen MR) is 70.5 cm³/mol. The Hall–Kier alpha value is -2.05. The van der Waals surface area contributed by atoms with Crippen LogP contribution in [0.3, 0.4) is 0 Å². The third kappa shape index (κ3) is 2.72. The van der Waals surface area contributed by atoms with Gasteiger partial charge in [-0.15, -0.1) is 0 Å². The number of hydrogen-bond acceptors (Lipinski definition) is 2. The molecule has 0 bridgehead atoms. The Morgan fingerprint density at radius 2 is 1.95 bits per heavy atom. The third-order valence-electron chi connectivity index (χ3n) is 3.55. The highest BCUT2D eigenvalue weighted by molar-refractivity contribution is 5.88. The number of carboxylic acids is 1. The van der Waals surface area contributed by atoms with Crippen molar-refractivity contribution in [1.29, 1.82) is 0 Å². The van der Waals surface area contributed by atoms with E-state index >= 15 is 0 Å². The van der Waals surface area contributed by atoms with Crippen LogP contribution in [0.1, 0.15) is 54.4 Å². The number of carbonyl (C=O) groups is 1. The summed E-state index contributed by atoms with van der Waals surface area (Å²) < 4.78 is 39.3. The molecule has 4 nitrogen and oxygen atoms in total. The first-order valence-corrected chi connectivity index (χ1v) is 6.62. The number of pyridine rings is 1. The molecule has 114 valence electrons. The molecular weight excluding hydrogens is 285 g/mol. The predicted octanol–water partition coefficient (Wildman–Crippen LogP) is 3.95. The van der Waals surface area contributed by atoms with Crippen molar-refractivity contribution in [3.05, 3.63) is 35.3 Å². The molecule has 2 heterocycles. The van der Waals surface area contributed by atoms with Gasteiger partial charge in [0.2, 0.25) is 0 Å². The molecular formula is C14H15F3N2O2. The zero-order valence-electron chi connectivity index (χ0n) is 11.6. The first-order chi connectivity index (χ1) is 9.79. The van der Waals surface area contributed by atoms with Gasteiger partial charge in [-0.25, -0.2) is 9.78 Å². The number of nitrogens with zero attached hydrogens (tertiary/aromatic N) is 2. The lowest BCUT2D eigenvalue weighted by atomic mass is 9.98. The van der Waals surface area contributed by atoms with Crippen LogP contribution in [0.5, 0.6) is 0 Å². The SMILES string of the molecule is CCC(CC)c1nc2ccc(C(F)(F)F)cn2c1C(=O)O. The molecule has 0 aliphatic rings. The van der Waals surface area contributed by atoms with E-state index in [2.05, 4.69) is 4.98 Å². The lowest BCUT2D eigenvalue weighted by molar-refractivity contribution is -0.137. The molecule has 0 aliphatic heterocycles. The van der Waals surface area contributed by atoms with Crippen LogP contribution in [0, 0.1) is 0 Å². The second kappa shape index (κ2) is 5.38.